The summed E-state index contributed by atoms with van der Waals surface area (Å²) in [5.41, 5.74) is 0.407. The van der Waals surface area contributed by atoms with E-state index >= 15 is 0 Å². The standard InChI is InChI=1S/C15H14ClF3N2O3/c16-9-3-4-12-11(8-9)20(6-7-24-12)13(22)10-2-1-5-21(10)14(23)15(17,18)19/h3-4,8,10H,1-2,5-7H2. The van der Waals surface area contributed by atoms with Crippen LogP contribution in [-0.2, 0) is 9.59 Å². The average molecular weight is 363 g/mol. The van der Waals surface area contributed by atoms with E-state index in [4.69, 9.17) is 16.3 Å². The van der Waals surface area contributed by atoms with E-state index in [1.807, 2.05) is 0 Å². The third kappa shape index (κ3) is 3.02. The summed E-state index contributed by atoms with van der Waals surface area (Å²) < 4.78 is 43.6. The molecule has 1 unspecified atom stereocenters. The van der Waals surface area contributed by atoms with Crippen molar-refractivity contribution < 1.29 is 27.5 Å². The lowest BCUT2D eigenvalue weighted by molar-refractivity contribution is -0.186. The van der Waals surface area contributed by atoms with E-state index in [1.54, 1.807) is 12.1 Å². The van der Waals surface area contributed by atoms with Gasteiger partial charge >= 0.3 is 12.1 Å². The van der Waals surface area contributed by atoms with Crippen LogP contribution in [0, 0.1) is 0 Å². The van der Waals surface area contributed by atoms with E-state index in [1.165, 1.54) is 11.0 Å². The first-order valence-corrected chi connectivity index (χ1v) is 7.78. The van der Waals surface area contributed by atoms with Crippen LogP contribution in [0.3, 0.4) is 0 Å². The first-order valence-electron chi connectivity index (χ1n) is 7.40. The number of halogens is 4. The maximum absolute atomic E-state index is 12.8. The van der Waals surface area contributed by atoms with Gasteiger partial charge in [-0.3, -0.25) is 9.59 Å². The summed E-state index contributed by atoms with van der Waals surface area (Å²) in [7, 11) is 0. The number of hydrogen-bond acceptors (Lipinski definition) is 3. The summed E-state index contributed by atoms with van der Waals surface area (Å²) in [6, 6.07) is 3.61. The number of ether oxygens (including phenoxy) is 1. The first kappa shape index (κ1) is 16.9. The van der Waals surface area contributed by atoms with Crippen LogP contribution in [0.1, 0.15) is 12.8 Å². The second-order valence-corrected chi connectivity index (χ2v) is 6.04. The molecule has 24 heavy (non-hydrogen) atoms. The van der Waals surface area contributed by atoms with Crippen LogP contribution in [0.15, 0.2) is 18.2 Å². The number of carbonyl (C=O) groups excluding carboxylic acids is 2. The predicted molar refractivity (Wildman–Crippen MR) is 80.1 cm³/mol. The molecule has 1 atom stereocenters. The summed E-state index contributed by atoms with van der Waals surface area (Å²) in [5, 5.41) is 0.381. The Kier molecular flexibility index (Phi) is 4.33. The quantitative estimate of drug-likeness (QED) is 0.771. The van der Waals surface area contributed by atoms with Crippen molar-refractivity contribution in [3.63, 3.8) is 0 Å². The minimum absolute atomic E-state index is 0.0819. The van der Waals surface area contributed by atoms with Gasteiger partial charge in [-0.1, -0.05) is 11.6 Å². The average Bonchev–Trinajstić information content (AvgIpc) is 3.01. The van der Waals surface area contributed by atoms with Crippen LogP contribution in [-0.4, -0.2) is 48.6 Å². The number of alkyl halides is 3. The van der Waals surface area contributed by atoms with E-state index in [9.17, 15) is 22.8 Å². The Hall–Kier alpha value is -1.96. The van der Waals surface area contributed by atoms with Crippen LogP contribution in [0.4, 0.5) is 18.9 Å². The molecule has 3 rings (SSSR count). The van der Waals surface area contributed by atoms with E-state index < -0.39 is 24.0 Å². The lowest BCUT2D eigenvalue weighted by Gasteiger charge is -2.34. The number of fused-ring (bicyclic) bond motifs is 1. The largest absolute Gasteiger partial charge is 0.490 e. The normalized spacial score (nSPS) is 20.6. The van der Waals surface area contributed by atoms with Crippen LogP contribution < -0.4 is 9.64 Å². The maximum Gasteiger partial charge on any atom is 0.471 e. The highest BCUT2D eigenvalue weighted by Crippen LogP contribution is 2.36. The number of nitrogens with zero attached hydrogens (tertiary/aromatic N) is 2. The number of benzene rings is 1. The van der Waals surface area contributed by atoms with Crippen molar-refractivity contribution in [2.45, 2.75) is 25.1 Å². The van der Waals surface area contributed by atoms with Crippen LogP contribution in [0.2, 0.25) is 5.02 Å². The zero-order chi connectivity index (χ0) is 17.5. The predicted octanol–water partition coefficient (Wildman–Crippen LogP) is 2.62. The summed E-state index contributed by atoms with van der Waals surface area (Å²) >= 11 is 5.94. The zero-order valence-electron chi connectivity index (χ0n) is 12.5. The molecule has 2 amide bonds. The molecule has 0 spiro atoms. The molecule has 1 saturated heterocycles. The van der Waals surface area contributed by atoms with Crippen molar-refractivity contribution in [2.24, 2.45) is 0 Å². The highest BCUT2D eigenvalue weighted by molar-refractivity contribution is 6.31. The Balaban J connectivity index is 1.87. The van der Waals surface area contributed by atoms with Gasteiger partial charge in [0.25, 0.3) is 0 Å². The molecular weight excluding hydrogens is 349 g/mol. The third-order valence-corrected chi connectivity index (χ3v) is 4.33. The second-order valence-electron chi connectivity index (χ2n) is 5.60. The van der Waals surface area contributed by atoms with Crippen molar-refractivity contribution in [3.8, 4) is 5.75 Å². The topological polar surface area (TPSA) is 49.9 Å². The van der Waals surface area contributed by atoms with Crippen LogP contribution in [0.5, 0.6) is 5.75 Å². The molecule has 9 heteroatoms. The molecule has 1 aromatic rings. The van der Waals surface area contributed by atoms with Crippen molar-refractivity contribution in [1.29, 1.82) is 0 Å². The first-order chi connectivity index (χ1) is 11.3. The van der Waals surface area contributed by atoms with Gasteiger partial charge in [-0.25, -0.2) is 0 Å². The van der Waals surface area contributed by atoms with E-state index in [0.29, 0.717) is 27.8 Å². The smallest absolute Gasteiger partial charge is 0.471 e. The van der Waals surface area contributed by atoms with Crippen LogP contribution >= 0.6 is 11.6 Å². The Bertz CT molecular complexity index is 680. The Morgan fingerprint density at radius 3 is 2.71 bits per heavy atom. The molecule has 2 heterocycles. The number of likely N-dealkylation sites (tertiary alicyclic amines) is 1. The summed E-state index contributed by atoms with van der Waals surface area (Å²) in [4.78, 5) is 26.3. The molecule has 2 aliphatic rings. The third-order valence-electron chi connectivity index (χ3n) is 4.09. The van der Waals surface area contributed by atoms with Gasteiger partial charge in [0.1, 0.15) is 18.4 Å². The minimum atomic E-state index is -4.99. The molecule has 0 bridgehead atoms. The van der Waals surface area contributed by atoms with Gasteiger partial charge in [0, 0.05) is 11.6 Å². The molecule has 0 radical (unpaired) electrons. The second kappa shape index (κ2) is 6.16. The number of hydrogen-bond donors (Lipinski definition) is 0. The van der Waals surface area contributed by atoms with Gasteiger partial charge in [0.05, 0.1) is 12.2 Å². The molecule has 130 valence electrons. The summed E-state index contributed by atoms with van der Waals surface area (Å²) in [5.74, 6) is -2.08. The highest BCUT2D eigenvalue weighted by atomic mass is 35.5. The van der Waals surface area contributed by atoms with E-state index in [-0.39, 0.29) is 26.1 Å². The molecule has 5 nitrogen and oxygen atoms in total. The lowest BCUT2D eigenvalue weighted by Crippen LogP contribution is -2.52. The Morgan fingerprint density at radius 2 is 2.00 bits per heavy atom. The van der Waals surface area contributed by atoms with Crippen LogP contribution in [0.25, 0.3) is 0 Å². The van der Waals surface area contributed by atoms with Gasteiger partial charge in [-0.15, -0.1) is 0 Å². The number of rotatable bonds is 1. The van der Waals surface area contributed by atoms with Crippen molar-refractivity contribution >= 4 is 29.1 Å². The summed E-state index contributed by atoms with van der Waals surface area (Å²) in [6.45, 7) is 0.332. The molecule has 0 aromatic heterocycles. The zero-order valence-corrected chi connectivity index (χ0v) is 13.2. The van der Waals surface area contributed by atoms with Gasteiger partial charge < -0.3 is 14.5 Å². The molecule has 1 fully saturated rings. The fourth-order valence-electron chi connectivity index (χ4n) is 3.03. The highest BCUT2D eigenvalue weighted by Gasteiger charge is 2.48. The maximum atomic E-state index is 12.8. The van der Waals surface area contributed by atoms with E-state index in [0.717, 1.165) is 0 Å². The lowest BCUT2D eigenvalue weighted by atomic mass is 10.1. The number of carbonyl (C=O) groups is 2. The molecular formula is C15H14ClF3N2O3. The Morgan fingerprint density at radius 1 is 1.25 bits per heavy atom. The molecule has 0 N–H and O–H groups in total. The number of amides is 2. The number of anilines is 1. The van der Waals surface area contributed by atoms with Gasteiger partial charge in [0.15, 0.2) is 0 Å². The van der Waals surface area contributed by atoms with Crippen molar-refractivity contribution in [1.82, 2.24) is 4.90 Å². The minimum Gasteiger partial charge on any atom is -0.490 e. The van der Waals surface area contributed by atoms with Crippen molar-refractivity contribution in [2.75, 3.05) is 24.6 Å². The van der Waals surface area contributed by atoms with Gasteiger partial charge in [-0.05, 0) is 31.0 Å². The Labute approximate surface area is 140 Å². The fraction of sp³-hybridized carbons (Fsp3) is 0.467. The molecule has 0 saturated carbocycles. The SMILES string of the molecule is O=C(C1CCCN1C(=O)C(F)(F)F)N1CCOc2ccc(Cl)cc21. The molecule has 0 aliphatic carbocycles. The van der Waals surface area contributed by atoms with Gasteiger partial charge in [-0.2, -0.15) is 13.2 Å². The van der Waals surface area contributed by atoms with E-state index in [2.05, 4.69) is 0 Å². The molecule has 2 aliphatic heterocycles. The molecule has 1 aromatic carbocycles. The summed E-state index contributed by atoms with van der Waals surface area (Å²) in [6.07, 6.45) is -4.44. The monoisotopic (exact) mass is 362 g/mol. The van der Waals surface area contributed by atoms with Gasteiger partial charge in [0.2, 0.25) is 5.91 Å². The fourth-order valence-corrected chi connectivity index (χ4v) is 3.20. The van der Waals surface area contributed by atoms with Crippen molar-refractivity contribution in [3.05, 3.63) is 23.2 Å².